The first kappa shape index (κ1) is 32.4. The number of carbonyl (C=O) groups excluding carboxylic acids is 2. The van der Waals surface area contributed by atoms with Gasteiger partial charge in [-0.25, -0.2) is 9.98 Å². The van der Waals surface area contributed by atoms with E-state index in [4.69, 9.17) is 32.7 Å². The van der Waals surface area contributed by atoms with Crippen molar-refractivity contribution in [2.45, 2.75) is 51.9 Å². The summed E-state index contributed by atoms with van der Waals surface area (Å²) in [7, 11) is -1.43. The van der Waals surface area contributed by atoms with E-state index in [-0.39, 0.29) is 46.2 Å². The van der Waals surface area contributed by atoms with Crippen molar-refractivity contribution in [1.82, 2.24) is 20.4 Å². The first-order valence-electron chi connectivity index (χ1n) is 12.6. The standard InChI is InChI=1S/C26H30Cl2F3N5O4Si/c1-5-40-22(38)14-21(37)34-35-24(32-18-8-6-7-17(27)23(18)28)25-33-19-13-16(26(29,30)31)9-10-20(19)36(25)15-39-11-12-41(2,3)4/h6-10,13H,5,11-12,14-15H2,1-4H3,(H,32,35)(H,34,37). The predicted molar refractivity (Wildman–Crippen MR) is 154 cm³/mol. The Kier molecular flexibility index (Phi) is 10.8. The van der Waals surface area contributed by atoms with E-state index >= 15 is 0 Å². The van der Waals surface area contributed by atoms with Gasteiger partial charge in [-0.2, -0.15) is 13.2 Å². The monoisotopic (exact) mass is 631 g/mol. The van der Waals surface area contributed by atoms with Crippen molar-refractivity contribution < 1.29 is 32.2 Å². The van der Waals surface area contributed by atoms with E-state index in [0.717, 1.165) is 18.2 Å². The van der Waals surface area contributed by atoms with Gasteiger partial charge >= 0.3 is 12.1 Å². The van der Waals surface area contributed by atoms with Crippen molar-refractivity contribution in [3.8, 4) is 0 Å². The number of nitrogens with zero attached hydrogens (tertiary/aromatic N) is 3. The summed E-state index contributed by atoms with van der Waals surface area (Å²) in [5.74, 6) is -1.54. The number of nitrogens with one attached hydrogen (secondary N) is 2. The first-order valence-corrected chi connectivity index (χ1v) is 17.0. The molecule has 222 valence electrons. The molecule has 1 amide bonds. The van der Waals surface area contributed by atoms with Crippen LogP contribution >= 0.6 is 23.2 Å². The number of esters is 1. The van der Waals surface area contributed by atoms with Crippen molar-refractivity contribution in [2.75, 3.05) is 13.2 Å². The molecule has 0 unspecified atom stereocenters. The number of rotatable bonds is 10. The molecule has 0 aliphatic rings. The molecular formula is C26H30Cl2F3N5O4Si. The van der Waals surface area contributed by atoms with E-state index in [1.165, 1.54) is 10.6 Å². The van der Waals surface area contributed by atoms with Crippen LogP contribution in [-0.2, 0) is 32.0 Å². The second-order valence-corrected chi connectivity index (χ2v) is 16.5. The van der Waals surface area contributed by atoms with Gasteiger partial charge in [0.2, 0.25) is 5.91 Å². The van der Waals surface area contributed by atoms with E-state index in [9.17, 15) is 22.8 Å². The zero-order valence-electron chi connectivity index (χ0n) is 22.9. The number of benzene rings is 2. The van der Waals surface area contributed by atoms with Crippen LogP contribution < -0.4 is 10.9 Å². The van der Waals surface area contributed by atoms with E-state index in [0.29, 0.717) is 12.1 Å². The lowest BCUT2D eigenvalue weighted by Gasteiger charge is -2.17. The van der Waals surface area contributed by atoms with Crippen LogP contribution in [0, 0.1) is 0 Å². The second kappa shape index (κ2) is 13.7. The number of hydrogen-bond donors (Lipinski definition) is 2. The maximum atomic E-state index is 13.5. The number of aromatic nitrogens is 2. The van der Waals surface area contributed by atoms with E-state index < -0.39 is 38.1 Å². The number of amides is 1. The van der Waals surface area contributed by atoms with Crippen molar-refractivity contribution in [3.05, 3.63) is 57.8 Å². The molecule has 0 atom stereocenters. The Morgan fingerprint density at radius 3 is 2.51 bits per heavy atom. The van der Waals surface area contributed by atoms with Crippen LogP contribution in [0.2, 0.25) is 35.7 Å². The number of hydrogen-bond acceptors (Lipinski definition) is 6. The third-order valence-corrected chi connectivity index (χ3v) is 8.11. The van der Waals surface area contributed by atoms with Gasteiger partial charge in [-0.3, -0.25) is 25.0 Å². The Bertz CT molecular complexity index is 1440. The van der Waals surface area contributed by atoms with Gasteiger partial charge in [-0.15, -0.1) is 0 Å². The van der Waals surface area contributed by atoms with Crippen LogP contribution in [0.3, 0.4) is 0 Å². The van der Waals surface area contributed by atoms with Gasteiger partial charge in [0.25, 0.3) is 0 Å². The molecule has 0 bridgehead atoms. The Labute approximate surface area is 246 Å². The molecule has 0 aliphatic carbocycles. The van der Waals surface area contributed by atoms with Gasteiger partial charge in [0.1, 0.15) is 13.2 Å². The maximum Gasteiger partial charge on any atom is 0.416 e. The quantitative estimate of drug-likeness (QED) is 0.0515. The number of hydrazine groups is 1. The van der Waals surface area contributed by atoms with E-state index in [1.54, 1.807) is 25.1 Å². The van der Waals surface area contributed by atoms with E-state index in [2.05, 4.69) is 40.5 Å². The summed E-state index contributed by atoms with van der Waals surface area (Å²) in [4.78, 5) is 33.0. The third-order valence-electron chi connectivity index (χ3n) is 5.60. The topological polar surface area (TPSA) is 107 Å². The van der Waals surface area contributed by atoms with Crippen LogP contribution in [0.15, 0.2) is 41.4 Å². The molecule has 0 saturated carbocycles. The predicted octanol–water partition coefficient (Wildman–Crippen LogP) is 6.33. The Morgan fingerprint density at radius 1 is 1.12 bits per heavy atom. The summed E-state index contributed by atoms with van der Waals surface area (Å²) in [6.45, 7) is 8.63. The smallest absolute Gasteiger partial charge is 0.416 e. The Hall–Kier alpha value is -3.13. The molecule has 0 aliphatic heterocycles. The molecule has 1 heterocycles. The maximum absolute atomic E-state index is 13.5. The minimum Gasteiger partial charge on any atom is -0.466 e. The van der Waals surface area contributed by atoms with Gasteiger partial charge in [-0.05, 0) is 43.3 Å². The lowest BCUT2D eigenvalue weighted by molar-refractivity contribution is -0.146. The normalized spacial score (nSPS) is 12.5. The molecule has 3 rings (SSSR count). The summed E-state index contributed by atoms with van der Waals surface area (Å²) in [5.41, 5.74) is 4.65. The molecule has 9 nitrogen and oxygen atoms in total. The Morgan fingerprint density at radius 2 is 1.85 bits per heavy atom. The van der Waals surface area contributed by atoms with Gasteiger partial charge in [0.05, 0.1) is 38.9 Å². The zero-order valence-corrected chi connectivity index (χ0v) is 25.4. The minimum absolute atomic E-state index is 0.0214. The molecule has 2 N–H and O–H groups in total. The molecule has 0 spiro atoms. The number of halogens is 5. The van der Waals surface area contributed by atoms with Crippen LogP contribution in [0.25, 0.3) is 11.0 Å². The average Bonchev–Trinajstić information content (AvgIpc) is 3.23. The average molecular weight is 633 g/mol. The van der Waals surface area contributed by atoms with Crippen LogP contribution in [0.1, 0.15) is 24.7 Å². The fourth-order valence-corrected chi connectivity index (χ4v) is 4.60. The van der Waals surface area contributed by atoms with E-state index in [1.807, 2.05) is 0 Å². The van der Waals surface area contributed by atoms with Gasteiger partial charge in [0.15, 0.2) is 11.7 Å². The Balaban J connectivity index is 2.09. The molecule has 41 heavy (non-hydrogen) atoms. The summed E-state index contributed by atoms with van der Waals surface area (Å²) in [6, 6.07) is 8.72. The number of amidine groups is 1. The molecular weight excluding hydrogens is 602 g/mol. The highest BCUT2D eigenvalue weighted by atomic mass is 35.5. The number of imidazole rings is 1. The van der Waals surface area contributed by atoms with Crippen molar-refractivity contribution in [3.63, 3.8) is 0 Å². The van der Waals surface area contributed by atoms with Crippen molar-refractivity contribution in [1.29, 1.82) is 0 Å². The minimum atomic E-state index is -4.59. The summed E-state index contributed by atoms with van der Waals surface area (Å²) in [5, 5.41) is 0.302. The number of aliphatic imine (C=N–C) groups is 1. The fourth-order valence-electron chi connectivity index (χ4n) is 3.50. The second-order valence-electron chi connectivity index (χ2n) is 10.1. The lowest BCUT2D eigenvalue weighted by atomic mass is 10.2. The largest absolute Gasteiger partial charge is 0.466 e. The van der Waals surface area contributed by atoms with Crippen molar-refractivity contribution >= 4 is 65.7 Å². The highest BCUT2D eigenvalue weighted by Gasteiger charge is 2.31. The molecule has 0 fully saturated rings. The molecule has 3 aromatic rings. The highest BCUT2D eigenvalue weighted by Crippen LogP contribution is 2.33. The molecule has 2 aromatic carbocycles. The van der Waals surface area contributed by atoms with Crippen LogP contribution in [0.5, 0.6) is 0 Å². The number of alkyl halides is 3. The van der Waals surface area contributed by atoms with Crippen LogP contribution in [0.4, 0.5) is 18.9 Å². The molecule has 1 aromatic heterocycles. The highest BCUT2D eigenvalue weighted by molar-refractivity contribution is 6.76. The van der Waals surface area contributed by atoms with Gasteiger partial charge in [0, 0.05) is 14.7 Å². The SMILES string of the molecule is CCOC(=O)CC(=O)NNC(=Nc1cccc(Cl)c1Cl)c1nc2cc(C(F)(F)F)ccc2n1COCC[Si](C)(C)C. The van der Waals surface area contributed by atoms with Crippen molar-refractivity contribution in [2.24, 2.45) is 4.99 Å². The lowest BCUT2D eigenvalue weighted by Crippen LogP contribution is -2.44. The molecule has 0 radical (unpaired) electrons. The summed E-state index contributed by atoms with van der Waals surface area (Å²) in [6.07, 6.45) is -5.17. The summed E-state index contributed by atoms with van der Waals surface area (Å²) < 4.78 is 52.7. The zero-order chi connectivity index (χ0) is 30.4. The van der Waals surface area contributed by atoms with Crippen LogP contribution in [-0.4, -0.2) is 48.6 Å². The third kappa shape index (κ3) is 9.18. The number of carbonyl (C=O) groups is 2. The fraction of sp³-hybridized carbons (Fsp3) is 0.385. The number of fused-ring (bicyclic) bond motifs is 1. The summed E-state index contributed by atoms with van der Waals surface area (Å²) >= 11 is 12.5. The van der Waals surface area contributed by atoms with Gasteiger partial charge in [-0.1, -0.05) is 48.9 Å². The number of ether oxygens (including phenoxy) is 2. The van der Waals surface area contributed by atoms with Gasteiger partial charge < -0.3 is 9.47 Å². The first-order chi connectivity index (χ1) is 19.2. The molecule has 0 saturated heterocycles. The molecule has 15 heteroatoms.